The number of hydrogen-bond donors (Lipinski definition) is 5. The molecule has 0 saturated carbocycles. The molecule has 5 N–H and O–H groups in total. The first-order valence-electron chi connectivity index (χ1n) is 9.16. The molecule has 0 unspecified atom stereocenters. The number of rotatable bonds is 5. The molecule has 0 aliphatic rings. The topological polar surface area (TPSA) is 140 Å². The van der Waals surface area contributed by atoms with Crippen LogP contribution in [0.2, 0.25) is 0 Å². The van der Waals surface area contributed by atoms with Crippen molar-refractivity contribution in [2.24, 2.45) is 5.10 Å². The molecule has 3 amide bonds. The molecule has 0 atom stereocenters. The SMILES string of the molecule is O=C(NN=Cc1ccc(O)cc1O)C(=O)Nc1ccccc1C(=O)Nc1ccc(Br)cc1. The van der Waals surface area contributed by atoms with Crippen LogP contribution < -0.4 is 16.1 Å². The summed E-state index contributed by atoms with van der Waals surface area (Å²) in [6, 6.07) is 17.0. The maximum Gasteiger partial charge on any atom is 0.329 e. The monoisotopic (exact) mass is 496 g/mol. The molecule has 3 aromatic rings. The number of halogens is 1. The van der Waals surface area contributed by atoms with Gasteiger partial charge >= 0.3 is 11.8 Å². The first kappa shape index (κ1) is 22.5. The van der Waals surface area contributed by atoms with Gasteiger partial charge in [-0.2, -0.15) is 5.10 Å². The number of hydrogen-bond acceptors (Lipinski definition) is 6. The van der Waals surface area contributed by atoms with Crippen LogP contribution in [0.3, 0.4) is 0 Å². The zero-order valence-corrected chi connectivity index (χ0v) is 18.0. The molecule has 10 heteroatoms. The molecule has 0 aromatic heterocycles. The highest BCUT2D eigenvalue weighted by molar-refractivity contribution is 9.10. The van der Waals surface area contributed by atoms with Crippen molar-refractivity contribution in [1.82, 2.24) is 5.43 Å². The summed E-state index contributed by atoms with van der Waals surface area (Å²) in [6.07, 6.45) is 1.11. The summed E-state index contributed by atoms with van der Waals surface area (Å²) in [5.41, 5.74) is 3.11. The number of amides is 3. The molecule has 0 radical (unpaired) electrons. The van der Waals surface area contributed by atoms with Crippen LogP contribution in [0.15, 0.2) is 76.3 Å². The van der Waals surface area contributed by atoms with Crippen LogP contribution in [0, 0.1) is 0 Å². The van der Waals surface area contributed by atoms with Crippen LogP contribution in [0.5, 0.6) is 11.5 Å². The van der Waals surface area contributed by atoms with E-state index in [9.17, 15) is 24.6 Å². The average molecular weight is 497 g/mol. The van der Waals surface area contributed by atoms with Crippen molar-refractivity contribution in [3.63, 3.8) is 0 Å². The first-order chi connectivity index (χ1) is 15.3. The quantitative estimate of drug-likeness (QED) is 0.209. The maximum absolute atomic E-state index is 12.6. The van der Waals surface area contributed by atoms with Crippen molar-refractivity contribution in [3.8, 4) is 11.5 Å². The number of carbonyl (C=O) groups is 3. The zero-order valence-electron chi connectivity index (χ0n) is 16.4. The number of nitrogens with zero attached hydrogens (tertiary/aromatic N) is 1. The Morgan fingerprint density at radius 2 is 1.59 bits per heavy atom. The normalized spacial score (nSPS) is 10.5. The lowest BCUT2D eigenvalue weighted by atomic mass is 10.1. The van der Waals surface area contributed by atoms with Crippen molar-refractivity contribution in [2.75, 3.05) is 10.6 Å². The van der Waals surface area contributed by atoms with Crippen molar-refractivity contribution in [2.45, 2.75) is 0 Å². The summed E-state index contributed by atoms with van der Waals surface area (Å²) < 4.78 is 0.859. The van der Waals surface area contributed by atoms with Crippen LogP contribution in [0.1, 0.15) is 15.9 Å². The average Bonchev–Trinajstić information content (AvgIpc) is 2.77. The first-order valence-corrected chi connectivity index (χ1v) is 9.95. The number of phenolic OH excluding ortho intramolecular Hbond substituents is 2. The molecule has 0 heterocycles. The van der Waals surface area contributed by atoms with Gasteiger partial charge in [-0.15, -0.1) is 0 Å². The smallest absolute Gasteiger partial charge is 0.329 e. The highest BCUT2D eigenvalue weighted by Gasteiger charge is 2.17. The molecule has 0 bridgehead atoms. The molecule has 0 fully saturated rings. The zero-order chi connectivity index (χ0) is 23.1. The lowest BCUT2D eigenvalue weighted by molar-refractivity contribution is -0.136. The fraction of sp³-hybridized carbons (Fsp3) is 0. The number of para-hydroxylation sites is 1. The van der Waals surface area contributed by atoms with Gasteiger partial charge in [-0.3, -0.25) is 14.4 Å². The minimum atomic E-state index is -1.08. The standard InChI is InChI=1S/C22H17BrN4O5/c23-14-6-8-15(9-7-14)25-20(30)17-3-1-2-4-18(17)26-21(31)22(32)27-24-12-13-5-10-16(28)11-19(13)29/h1-12,28-29H,(H,25,30)(H,26,31)(H,27,32). The van der Waals surface area contributed by atoms with Crippen molar-refractivity contribution >= 4 is 51.2 Å². The van der Waals surface area contributed by atoms with Crippen LogP contribution in [0.25, 0.3) is 0 Å². The van der Waals surface area contributed by atoms with Gasteiger partial charge in [0.05, 0.1) is 17.5 Å². The highest BCUT2D eigenvalue weighted by Crippen LogP contribution is 2.21. The molecular formula is C22H17BrN4O5. The van der Waals surface area contributed by atoms with Gasteiger partial charge in [-0.1, -0.05) is 28.1 Å². The van der Waals surface area contributed by atoms with Crippen LogP contribution >= 0.6 is 15.9 Å². The number of benzene rings is 3. The third-order valence-corrected chi connectivity index (χ3v) is 4.64. The Kier molecular flexibility index (Phi) is 7.19. The van der Waals surface area contributed by atoms with Gasteiger partial charge in [0.1, 0.15) is 11.5 Å². The fourth-order valence-corrected chi connectivity index (χ4v) is 2.82. The molecule has 0 aliphatic carbocycles. The van der Waals surface area contributed by atoms with E-state index in [1.807, 2.05) is 5.43 Å². The highest BCUT2D eigenvalue weighted by atomic mass is 79.9. The van der Waals surface area contributed by atoms with E-state index in [0.717, 1.165) is 16.8 Å². The molecule has 0 aliphatic heterocycles. The summed E-state index contributed by atoms with van der Waals surface area (Å²) >= 11 is 3.32. The Hall–Kier alpha value is -4.18. The summed E-state index contributed by atoms with van der Waals surface area (Å²) in [5.74, 6) is -2.97. The number of aromatic hydroxyl groups is 2. The second-order valence-electron chi connectivity index (χ2n) is 6.40. The minimum absolute atomic E-state index is 0.133. The van der Waals surface area contributed by atoms with E-state index in [1.165, 1.54) is 24.3 Å². The molecule has 9 nitrogen and oxygen atoms in total. The van der Waals surface area contributed by atoms with Crippen LogP contribution in [0.4, 0.5) is 11.4 Å². The number of anilines is 2. The second-order valence-corrected chi connectivity index (χ2v) is 7.32. The molecule has 0 spiro atoms. The minimum Gasteiger partial charge on any atom is -0.508 e. The van der Waals surface area contributed by atoms with Gasteiger partial charge in [0.15, 0.2) is 0 Å². The Balaban J connectivity index is 1.64. The predicted octanol–water partition coefficient (Wildman–Crippen LogP) is 3.20. The Morgan fingerprint density at radius 1 is 0.875 bits per heavy atom. The van der Waals surface area contributed by atoms with E-state index in [1.54, 1.807) is 36.4 Å². The van der Waals surface area contributed by atoms with Gasteiger partial charge < -0.3 is 20.8 Å². The van der Waals surface area contributed by atoms with Gasteiger partial charge in [0.2, 0.25) is 0 Å². The predicted molar refractivity (Wildman–Crippen MR) is 123 cm³/mol. The largest absolute Gasteiger partial charge is 0.508 e. The Morgan fingerprint density at radius 3 is 2.31 bits per heavy atom. The van der Waals surface area contributed by atoms with E-state index >= 15 is 0 Å². The summed E-state index contributed by atoms with van der Waals surface area (Å²) in [5, 5.41) is 27.6. The van der Waals surface area contributed by atoms with Crippen molar-refractivity contribution < 1.29 is 24.6 Å². The summed E-state index contributed by atoms with van der Waals surface area (Å²) in [4.78, 5) is 36.9. The second kappa shape index (κ2) is 10.2. The fourth-order valence-electron chi connectivity index (χ4n) is 2.55. The van der Waals surface area contributed by atoms with E-state index in [2.05, 4.69) is 31.7 Å². The summed E-state index contributed by atoms with van der Waals surface area (Å²) in [6.45, 7) is 0. The van der Waals surface area contributed by atoms with Gasteiger partial charge in [0.25, 0.3) is 5.91 Å². The molecule has 162 valence electrons. The lowest BCUT2D eigenvalue weighted by Crippen LogP contribution is -2.33. The molecular weight excluding hydrogens is 480 g/mol. The third kappa shape index (κ3) is 5.92. The van der Waals surface area contributed by atoms with Gasteiger partial charge in [-0.05, 0) is 48.5 Å². The number of phenols is 2. The maximum atomic E-state index is 12.6. The van der Waals surface area contributed by atoms with E-state index in [0.29, 0.717) is 5.69 Å². The Bertz CT molecular complexity index is 1200. The molecule has 3 rings (SSSR count). The number of hydrazone groups is 1. The van der Waals surface area contributed by atoms with E-state index < -0.39 is 17.7 Å². The van der Waals surface area contributed by atoms with E-state index in [-0.39, 0.29) is 28.3 Å². The van der Waals surface area contributed by atoms with Crippen molar-refractivity contribution in [1.29, 1.82) is 0 Å². The van der Waals surface area contributed by atoms with Crippen molar-refractivity contribution in [3.05, 3.63) is 82.3 Å². The molecule has 0 saturated heterocycles. The Labute approximate surface area is 190 Å². The van der Waals surface area contributed by atoms with Gasteiger partial charge in [0, 0.05) is 21.8 Å². The molecule has 3 aromatic carbocycles. The van der Waals surface area contributed by atoms with Gasteiger partial charge in [-0.25, -0.2) is 5.43 Å². The third-order valence-electron chi connectivity index (χ3n) is 4.11. The lowest BCUT2D eigenvalue weighted by Gasteiger charge is -2.11. The van der Waals surface area contributed by atoms with Crippen LogP contribution in [-0.4, -0.2) is 34.1 Å². The summed E-state index contributed by atoms with van der Waals surface area (Å²) in [7, 11) is 0. The number of nitrogens with one attached hydrogen (secondary N) is 3. The van der Waals surface area contributed by atoms with Crippen LogP contribution in [-0.2, 0) is 9.59 Å². The van der Waals surface area contributed by atoms with E-state index in [4.69, 9.17) is 0 Å². The number of carbonyl (C=O) groups excluding carboxylic acids is 3. The molecule has 32 heavy (non-hydrogen) atoms.